The van der Waals surface area contributed by atoms with Crippen LogP contribution in [0.3, 0.4) is 0 Å². The molecule has 1 spiro atoms. The molecule has 33 heavy (non-hydrogen) atoms. The Morgan fingerprint density at radius 1 is 1.09 bits per heavy atom. The molecule has 168 valence electrons. The van der Waals surface area contributed by atoms with Crippen molar-refractivity contribution in [2.24, 2.45) is 11.8 Å². The molecule has 1 N–H and O–H groups in total. The summed E-state index contributed by atoms with van der Waals surface area (Å²) in [5, 5.41) is 14.5. The van der Waals surface area contributed by atoms with E-state index >= 15 is 0 Å². The van der Waals surface area contributed by atoms with Crippen LogP contribution in [0.25, 0.3) is 0 Å². The summed E-state index contributed by atoms with van der Waals surface area (Å²) in [6, 6.07) is 9.82. The van der Waals surface area contributed by atoms with E-state index in [0.717, 1.165) is 28.9 Å². The molecule has 3 saturated heterocycles. The number of hydrogen-bond donors (Lipinski definition) is 1. The fourth-order valence-electron chi connectivity index (χ4n) is 6.67. The van der Waals surface area contributed by atoms with Gasteiger partial charge in [0, 0.05) is 23.4 Å². The molecule has 0 radical (unpaired) electrons. The molecule has 3 fully saturated rings. The van der Waals surface area contributed by atoms with Crippen LogP contribution in [0.15, 0.2) is 36.4 Å². The number of nitro benzene ring substituents is 1. The Bertz CT molecular complexity index is 1290. The van der Waals surface area contributed by atoms with Crippen molar-refractivity contribution in [2.45, 2.75) is 38.3 Å². The van der Waals surface area contributed by atoms with Gasteiger partial charge in [0.05, 0.1) is 28.0 Å². The normalized spacial score (nSPS) is 30.1. The summed E-state index contributed by atoms with van der Waals surface area (Å²) in [7, 11) is 0. The average Bonchev–Trinajstić information content (AvgIpc) is 3.48. The van der Waals surface area contributed by atoms with Gasteiger partial charge in [-0.1, -0.05) is 24.3 Å². The lowest BCUT2D eigenvalue weighted by molar-refractivity contribution is -0.385. The van der Waals surface area contributed by atoms with Crippen LogP contribution in [-0.4, -0.2) is 40.1 Å². The molecule has 4 heterocycles. The molecule has 4 aliphatic heterocycles. The van der Waals surface area contributed by atoms with E-state index in [-0.39, 0.29) is 34.8 Å². The van der Waals surface area contributed by atoms with Gasteiger partial charge in [0.15, 0.2) is 0 Å². The third-order valence-electron chi connectivity index (χ3n) is 7.95. The van der Waals surface area contributed by atoms with E-state index in [9.17, 15) is 24.5 Å². The minimum Gasteiger partial charge on any atom is -0.324 e. The zero-order valence-electron chi connectivity index (χ0n) is 18.2. The van der Waals surface area contributed by atoms with E-state index in [1.165, 1.54) is 12.1 Å². The van der Waals surface area contributed by atoms with Gasteiger partial charge >= 0.3 is 0 Å². The molecule has 6 rings (SSSR count). The van der Waals surface area contributed by atoms with Crippen molar-refractivity contribution in [3.8, 4) is 0 Å². The van der Waals surface area contributed by atoms with Crippen LogP contribution in [0.4, 0.5) is 17.1 Å². The Hall–Kier alpha value is -3.59. The average molecular weight is 446 g/mol. The van der Waals surface area contributed by atoms with E-state index < -0.39 is 28.2 Å². The molecule has 0 saturated carbocycles. The third kappa shape index (κ3) is 2.22. The minimum absolute atomic E-state index is 0.151. The SMILES string of the molecule is Cc1cccc2c1NC(=O)[C@@]21[C@@H]2C(=O)N(c3cccc([N+](=O)[O-])c3C)C(=O)[C@H]2[C@@H]2CCCN21. The molecule has 2 aromatic rings. The maximum Gasteiger partial charge on any atom is 0.274 e. The summed E-state index contributed by atoms with van der Waals surface area (Å²) >= 11 is 0. The number of benzene rings is 2. The van der Waals surface area contributed by atoms with E-state index in [1.807, 2.05) is 25.1 Å². The maximum absolute atomic E-state index is 14.0. The van der Waals surface area contributed by atoms with Crippen molar-refractivity contribution < 1.29 is 19.3 Å². The van der Waals surface area contributed by atoms with Crippen molar-refractivity contribution in [1.29, 1.82) is 0 Å². The van der Waals surface area contributed by atoms with Gasteiger partial charge in [0.25, 0.3) is 5.69 Å². The molecule has 0 unspecified atom stereocenters. The van der Waals surface area contributed by atoms with Gasteiger partial charge < -0.3 is 5.32 Å². The first-order valence-corrected chi connectivity index (χ1v) is 11.1. The van der Waals surface area contributed by atoms with Gasteiger partial charge in [0.2, 0.25) is 17.7 Å². The Balaban J connectivity index is 1.56. The molecular weight excluding hydrogens is 424 g/mol. The molecule has 4 atom stereocenters. The number of para-hydroxylation sites is 1. The highest BCUT2D eigenvalue weighted by molar-refractivity contribution is 6.26. The smallest absolute Gasteiger partial charge is 0.274 e. The number of carbonyl (C=O) groups excluding carboxylic acids is 3. The van der Waals surface area contributed by atoms with Crippen LogP contribution in [0.5, 0.6) is 0 Å². The first-order valence-electron chi connectivity index (χ1n) is 11.1. The molecule has 0 aromatic heterocycles. The Labute approximate surface area is 189 Å². The second-order valence-electron chi connectivity index (χ2n) is 9.31. The zero-order valence-corrected chi connectivity index (χ0v) is 18.2. The topological polar surface area (TPSA) is 113 Å². The number of carbonyl (C=O) groups is 3. The van der Waals surface area contributed by atoms with E-state index in [4.69, 9.17) is 0 Å². The van der Waals surface area contributed by atoms with E-state index in [1.54, 1.807) is 13.0 Å². The Morgan fingerprint density at radius 3 is 2.61 bits per heavy atom. The third-order valence-corrected chi connectivity index (χ3v) is 7.95. The van der Waals surface area contributed by atoms with Crippen molar-refractivity contribution in [2.75, 3.05) is 16.8 Å². The van der Waals surface area contributed by atoms with E-state index in [0.29, 0.717) is 12.2 Å². The second-order valence-corrected chi connectivity index (χ2v) is 9.31. The summed E-state index contributed by atoms with van der Waals surface area (Å²) in [4.78, 5) is 55.6. The van der Waals surface area contributed by atoms with Crippen LogP contribution < -0.4 is 10.2 Å². The minimum atomic E-state index is -1.25. The molecular formula is C24H22N4O5. The summed E-state index contributed by atoms with van der Waals surface area (Å²) < 4.78 is 0. The highest BCUT2D eigenvalue weighted by Gasteiger charge is 2.74. The number of nitro groups is 1. The van der Waals surface area contributed by atoms with Crippen LogP contribution in [0.2, 0.25) is 0 Å². The van der Waals surface area contributed by atoms with Gasteiger partial charge in [0.1, 0.15) is 5.54 Å². The van der Waals surface area contributed by atoms with Crippen molar-refractivity contribution in [3.05, 3.63) is 63.2 Å². The monoisotopic (exact) mass is 446 g/mol. The Kier molecular flexibility index (Phi) is 3.93. The number of imide groups is 1. The Morgan fingerprint density at radius 2 is 1.85 bits per heavy atom. The van der Waals surface area contributed by atoms with Crippen LogP contribution >= 0.6 is 0 Å². The summed E-state index contributed by atoms with van der Waals surface area (Å²) in [6.45, 7) is 4.09. The van der Waals surface area contributed by atoms with Crippen molar-refractivity contribution in [3.63, 3.8) is 0 Å². The summed E-state index contributed by atoms with van der Waals surface area (Å²) in [5.74, 6) is -2.67. The number of fused-ring (bicyclic) bond motifs is 7. The van der Waals surface area contributed by atoms with E-state index in [2.05, 4.69) is 10.2 Å². The van der Waals surface area contributed by atoms with Crippen molar-refractivity contribution in [1.82, 2.24) is 4.90 Å². The highest BCUT2D eigenvalue weighted by atomic mass is 16.6. The number of amides is 3. The quantitative estimate of drug-likeness (QED) is 0.431. The lowest BCUT2D eigenvalue weighted by Crippen LogP contribution is -2.54. The first kappa shape index (κ1) is 20.0. The van der Waals surface area contributed by atoms with Gasteiger partial charge in [-0.2, -0.15) is 0 Å². The highest BCUT2D eigenvalue weighted by Crippen LogP contribution is 2.61. The van der Waals surface area contributed by atoms with Gasteiger partial charge in [-0.25, -0.2) is 4.90 Å². The number of rotatable bonds is 2. The first-order chi connectivity index (χ1) is 15.8. The summed E-state index contributed by atoms with van der Waals surface area (Å²) in [6.07, 6.45) is 1.56. The van der Waals surface area contributed by atoms with Crippen molar-refractivity contribution >= 4 is 34.8 Å². The fourth-order valence-corrected chi connectivity index (χ4v) is 6.67. The number of hydrogen-bond acceptors (Lipinski definition) is 6. The molecule has 4 aliphatic rings. The number of anilines is 2. The second kappa shape index (κ2) is 6.48. The van der Waals surface area contributed by atoms with Gasteiger partial charge in [-0.05, 0) is 44.9 Å². The van der Waals surface area contributed by atoms with Gasteiger partial charge in [-0.15, -0.1) is 0 Å². The lowest BCUT2D eigenvalue weighted by atomic mass is 9.75. The molecule has 9 heteroatoms. The van der Waals surface area contributed by atoms with Gasteiger partial charge in [-0.3, -0.25) is 29.4 Å². The molecule has 9 nitrogen and oxygen atoms in total. The molecule has 3 amide bonds. The largest absolute Gasteiger partial charge is 0.324 e. The molecule has 2 aromatic carbocycles. The molecule has 0 aliphatic carbocycles. The maximum atomic E-state index is 14.0. The predicted molar refractivity (Wildman–Crippen MR) is 119 cm³/mol. The molecule has 0 bridgehead atoms. The van der Waals surface area contributed by atoms with Crippen LogP contribution in [-0.2, 0) is 19.9 Å². The standard InChI is InChI=1S/C24H22N4O5/c1-12-6-3-7-14-20(12)25-23(31)24(14)19-18(17-10-5-11-26(17)24)21(29)27(22(19)30)15-8-4-9-16(13(15)2)28(32)33/h3-4,6-9,17-19H,5,10-11H2,1-2H3,(H,25,31)/t17-,18-,19-,24-/m0/s1. The number of nitrogens with one attached hydrogen (secondary N) is 1. The lowest BCUT2D eigenvalue weighted by Gasteiger charge is -2.36. The predicted octanol–water partition coefficient (Wildman–Crippen LogP) is 2.64. The van der Waals surface area contributed by atoms with Crippen LogP contribution in [0.1, 0.15) is 29.5 Å². The summed E-state index contributed by atoms with van der Waals surface area (Å²) in [5.41, 5.74) is 1.43. The zero-order chi connectivity index (χ0) is 23.2. The fraction of sp³-hybridized carbons (Fsp3) is 0.375. The van der Waals surface area contributed by atoms with Crippen LogP contribution in [0, 0.1) is 35.8 Å². The number of nitrogens with zero attached hydrogens (tertiary/aromatic N) is 3. The number of aryl methyl sites for hydroxylation is 1.